The van der Waals surface area contributed by atoms with E-state index < -0.39 is 24.0 Å². The Morgan fingerprint density at radius 1 is 0.907 bits per heavy atom. The zero-order valence-corrected chi connectivity index (χ0v) is 25.2. The molecule has 10 heteroatoms. The van der Waals surface area contributed by atoms with Crippen molar-refractivity contribution < 1.29 is 9.50 Å². The number of imidazole rings is 1. The predicted molar refractivity (Wildman–Crippen MR) is 170 cm³/mol. The molecule has 0 radical (unpaired) electrons. The maximum absolute atomic E-state index is 13.8. The number of aliphatic hydroxyl groups excluding tert-OH is 1. The van der Waals surface area contributed by atoms with Crippen LogP contribution in [0, 0.1) is 0 Å². The van der Waals surface area contributed by atoms with Crippen LogP contribution in [0.3, 0.4) is 0 Å². The van der Waals surface area contributed by atoms with Crippen molar-refractivity contribution >= 4 is 16.9 Å². The number of nitrogen functional groups attached to an aromatic ring is 1. The van der Waals surface area contributed by atoms with Gasteiger partial charge in [-0.25, -0.2) is 9.78 Å². The number of fused-ring (bicyclic) bond motifs is 1. The van der Waals surface area contributed by atoms with Gasteiger partial charge in [-0.05, 0) is 55.4 Å². The Hall–Kier alpha value is -3.76. The van der Waals surface area contributed by atoms with E-state index in [1.165, 1.54) is 10.1 Å². The first-order valence-corrected chi connectivity index (χ1v) is 15.5. The van der Waals surface area contributed by atoms with Crippen molar-refractivity contribution in [1.82, 2.24) is 24.0 Å². The van der Waals surface area contributed by atoms with Gasteiger partial charge in [0.2, 0.25) is 0 Å². The van der Waals surface area contributed by atoms with Crippen LogP contribution in [0.2, 0.25) is 0 Å². The molecule has 0 saturated heterocycles. The summed E-state index contributed by atoms with van der Waals surface area (Å²) < 4.78 is 17.8. The minimum Gasteiger partial charge on any atom is -0.399 e. The van der Waals surface area contributed by atoms with Crippen molar-refractivity contribution in [3.8, 4) is 0 Å². The Morgan fingerprint density at radius 3 is 2.40 bits per heavy atom. The van der Waals surface area contributed by atoms with Gasteiger partial charge in [-0.3, -0.25) is 18.3 Å². The molecule has 2 aromatic heterocycles. The van der Waals surface area contributed by atoms with Gasteiger partial charge in [0.1, 0.15) is 5.82 Å². The molecule has 0 saturated carbocycles. The zero-order valence-electron chi connectivity index (χ0n) is 25.2. The lowest BCUT2D eigenvalue weighted by atomic mass is 10.1. The van der Waals surface area contributed by atoms with E-state index in [1.54, 1.807) is 4.57 Å². The number of hydrogen-bond donors (Lipinski definition) is 3. The van der Waals surface area contributed by atoms with Gasteiger partial charge >= 0.3 is 5.69 Å². The standard InChI is InChI=1S/C33H45FN6O3/c1-2-28(41)24-36-18-21-38-29(23-26-13-7-5-8-14-26)37-31-30(38)32(42)40(20-11-17-34)33(43)39(31)19-9-4-3-6-12-25-15-10-16-27(35)22-25/h5,7-8,10,13-16,22,28,36,41H,2-4,6,9,11-12,17-21,23-24,35H2,1H3. The normalized spacial score (nSPS) is 12.3. The SMILES string of the molecule is CCC(O)CNCCn1c(Cc2ccccc2)nc2c1c(=O)n(CCCF)c(=O)n2CCCCCCc1cccc(N)c1. The van der Waals surface area contributed by atoms with Gasteiger partial charge in [0.25, 0.3) is 5.56 Å². The molecule has 2 aromatic carbocycles. The number of hydrogen-bond acceptors (Lipinski definition) is 6. The first kappa shape index (κ1) is 32.2. The van der Waals surface area contributed by atoms with E-state index in [0.717, 1.165) is 43.4 Å². The summed E-state index contributed by atoms with van der Waals surface area (Å²) in [5.41, 5.74) is 8.79. The molecule has 0 fully saturated rings. The second-order valence-electron chi connectivity index (χ2n) is 11.1. The predicted octanol–water partition coefficient (Wildman–Crippen LogP) is 4.06. The van der Waals surface area contributed by atoms with Crippen LogP contribution in [-0.2, 0) is 32.5 Å². The van der Waals surface area contributed by atoms with Crippen LogP contribution in [0.4, 0.5) is 10.1 Å². The summed E-state index contributed by atoms with van der Waals surface area (Å²) in [6.07, 6.45) is 5.41. The Bertz CT molecular complexity index is 1560. The van der Waals surface area contributed by atoms with E-state index in [4.69, 9.17) is 10.7 Å². The highest BCUT2D eigenvalue weighted by molar-refractivity contribution is 5.71. The van der Waals surface area contributed by atoms with Crippen molar-refractivity contribution in [2.75, 3.05) is 25.5 Å². The number of aromatic nitrogens is 4. The molecule has 4 N–H and O–H groups in total. The van der Waals surface area contributed by atoms with Gasteiger partial charge in [0.15, 0.2) is 11.2 Å². The number of nitrogens with two attached hydrogens (primary N) is 1. The molecule has 0 spiro atoms. The van der Waals surface area contributed by atoms with Crippen molar-refractivity contribution in [1.29, 1.82) is 0 Å². The minimum atomic E-state index is -0.612. The topological polar surface area (TPSA) is 120 Å². The maximum atomic E-state index is 13.8. The van der Waals surface area contributed by atoms with Crippen LogP contribution in [-0.4, -0.2) is 49.7 Å². The van der Waals surface area contributed by atoms with E-state index in [0.29, 0.717) is 56.0 Å². The van der Waals surface area contributed by atoms with E-state index in [-0.39, 0.29) is 13.0 Å². The van der Waals surface area contributed by atoms with Gasteiger partial charge < -0.3 is 20.7 Å². The molecule has 232 valence electrons. The number of anilines is 1. The molecular formula is C33H45FN6O3. The summed E-state index contributed by atoms with van der Waals surface area (Å²) in [7, 11) is 0. The van der Waals surface area contributed by atoms with E-state index in [9.17, 15) is 19.1 Å². The highest BCUT2D eigenvalue weighted by Crippen LogP contribution is 2.17. The Kier molecular flexibility index (Phi) is 12.1. The summed E-state index contributed by atoms with van der Waals surface area (Å²) in [6, 6.07) is 17.8. The lowest BCUT2D eigenvalue weighted by molar-refractivity contribution is 0.167. The Labute approximate surface area is 252 Å². The molecule has 1 atom stereocenters. The number of nitrogens with one attached hydrogen (secondary N) is 1. The minimum absolute atomic E-state index is 0.0183. The van der Waals surface area contributed by atoms with Crippen LogP contribution in [0.25, 0.3) is 11.2 Å². The van der Waals surface area contributed by atoms with Crippen molar-refractivity contribution in [2.24, 2.45) is 0 Å². The molecule has 43 heavy (non-hydrogen) atoms. The van der Waals surface area contributed by atoms with Crippen molar-refractivity contribution in [3.63, 3.8) is 0 Å². The number of unbranched alkanes of at least 4 members (excludes halogenated alkanes) is 3. The molecule has 0 aliphatic carbocycles. The summed E-state index contributed by atoms with van der Waals surface area (Å²) in [6.45, 7) is 3.15. The van der Waals surface area contributed by atoms with E-state index in [2.05, 4.69) is 11.4 Å². The quantitative estimate of drug-likeness (QED) is 0.118. The smallest absolute Gasteiger partial charge is 0.332 e. The average molecular weight is 593 g/mol. The largest absolute Gasteiger partial charge is 0.399 e. The van der Waals surface area contributed by atoms with Crippen LogP contribution >= 0.6 is 0 Å². The van der Waals surface area contributed by atoms with Crippen LogP contribution in [0.1, 0.15) is 62.4 Å². The maximum Gasteiger partial charge on any atom is 0.332 e. The molecule has 0 bridgehead atoms. The number of rotatable bonds is 18. The van der Waals surface area contributed by atoms with E-state index >= 15 is 0 Å². The number of nitrogens with zero attached hydrogens (tertiary/aromatic N) is 4. The number of halogens is 1. The highest BCUT2D eigenvalue weighted by Gasteiger charge is 2.21. The molecule has 1 unspecified atom stereocenters. The van der Waals surface area contributed by atoms with Gasteiger partial charge in [0, 0.05) is 44.8 Å². The lowest BCUT2D eigenvalue weighted by Gasteiger charge is -2.14. The summed E-state index contributed by atoms with van der Waals surface area (Å²) in [4.78, 5) is 32.2. The molecule has 0 amide bonds. The fraction of sp³-hybridized carbons (Fsp3) is 0.485. The number of aliphatic hydroxyl groups is 1. The third kappa shape index (κ3) is 8.64. The Morgan fingerprint density at radius 2 is 1.65 bits per heavy atom. The fourth-order valence-electron chi connectivity index (χ4n) is 5.41. The van der Waals surface area contributed by atoms with Gasteiger partial charge in [-0.2, -0.15) is 0 Å². The second-order valence-corrected chi connectivity index (χ2v) is 11.1. The summed E-state index contributed by atoms with van der Waals surface area (Å²) in [5.74, 6) is 0.690. The highest BCUT2D eigenvalue weighted by atomic mass is 19.1. The van der Waals surface area contributed by atoms with Crippen molar-refractivity contribution in [2.45, 2.75) is 84.0 Å². The van der Waals surface area contributed by atoms with Gasteiger partial charge in [-0.1, -0.05) is 62.2 Å². The third-order valence-corrected chi connectivity index (χ3v) is 7.83. The van der Waals surface area contributed by atoms with Crippen LogP contribution < -0.4 is 22.3 Å². The molecule has 4 aromatic rings. The Balaban J connectivity index is 1.61. The number of aryl methyl sites for hydroxylation is 2. The average Bonchev–Trinajstić information content (AvgIpc) is 3.36. The van der Waals surface area contributed by atoms with Gasteiger partial charge in [0.05, 0.1) is 12.8 Å². The molecule has 2 heterocycles. The lowest BCUT2D eigenvalue weighted by Crippen LogP contribution is -2.41. The molecule has 0 aliphatic rings. The summed E-state index contributed by atoms with van der Waals surface area (Å²) >= 11 is 0. The number of alkyl halides is 1. The second kappa shape index (κ2) is 16.2. The number of benzene rings is 2. The van der Waals surface area contributed by atoms with Crippen LogP contribution in [0.5, 0.6) is 0 Å². The zero-order chi connectivity index (χ0) is 30.6. The molecular weight excluding hydrogens is 547 g/mol. The summed E-state index contributed by atoms with van der Waals surface area (Å²) in [5, 5.41) is 13.2. The molecule has 4 rings (SSSR count). The van der Waals surface area contributed by atoms with E-state index in [1.807, 2.05) is 60.0 Å². The monoisotopic (exact) mass is 592 g/mol. The van der Waals surface area contributed by atoms with Crippen molar-refractivity contribution in [3.05, 3.63) is 92.4 Å². The first-order chi connectivity index (χ1) is 20.9. The molecule has 9 nitrogen and oxygen atoms in total. The first-order valence-electron chi connectivity index (χ1n) is 15.5. The third-order valence-electron chi connectivity index (χ3n) is 7.83. The van der Waals surface area contributed by atoms with Gasteiger partial charge in [-0.15, -0.1) is 0 Å². The molecule has 0 aliphatic heterocycles. The fourth-order valence-corrected chi connectivity index (χ4v) is 5.41. The van der Waals surface area contributed by atoms with Crippen LogP contribution in [0.15, 0.2) is 64.2 Å².